The van der Waals surface area contributed by atoms with Crippen molar-refractivity contribution < 1.29 is 9.13 Å². The van der Waals surface area contributed by atoms with Gasteiger partial charge in [0.1, 0.15) is 5.82 Å². The van der Waals surface area contributed by atoms with Gasteiger partial charge >= 0.3 is 0 Å². The highest BCUT2D eigenvalue weighted by Crippen LogP contribution is 2.21. The van der Waals surface area contributed by atoms with E-state index in [1.54, 1.807) is 6.07 Å². The summed E-state index contributed by atoms with van der Waals surface area (Å²) in [5, 5.41) is 3.25. The first-order chi connectivity index (χ1) is 8.70. The lowest BCUT2D eigenvalue weighted by molar-refractivity contribution is 0.0490. The lowest BCUT2D eigenvalue weighted by Gasteiger charge is -2.30. The van der Waals surface area contributed by atoms with Crippen molar-refractivity contribution >= 4 is 27.7 Å². The summed E-state index contributed by atoms with van der Waals surface area (Å²) < 4.78 is 20.4. The van der Waals surface area contributed by atoms with Crippen LogP contribution in [0.4, 0.5) is 4.39 Å². The van der Waals surface area contributed by atoms with Gasteiger partial charge < -0.3 is 10.1 Å². The molecule has 1 aliphatic rings. The van der Waals surface area contributed by atoms with Gasteiger partial charge in [0.05, 0.1) is 12.7 Å². The lowest BCUT2D eigenvalue weighted by Crippen LogP contribution is -2.44. The molecule has 1 N–H and O–H groups in total. The van der Waals surface area contributed by atoms with E-state index in [0.717, 1.165) is 28.1 Å². The summed E-state index contributed by atoms with van der Waals surface area (Å²) in [6.45, 7) is 0.786. The second kappa shape index (κ2) is 6.89. The van der Waals surface area contributed by atoms with Crippen LogP contribution in [0.2, 0.25) is 0 Å². The van der Waals surface area contributed by atoms with Crippen molar-refractivity contribution in [1.82, 2.24) is 5.32 Å². The monoisotopic (exact) mass is 333 g/mol. The summed E-state index contributed by atoms with van der Waals surface area (Å²) in [5.41, 5.74) is 0.725. The zero-order valence-electron chi connectivity index (χ0n) is 10.3. The number of nitrogens with one attached hydrogen (secondary N) is 1. The number of likely N-dealkylation sites (N-methyl/N-ethyl adjacent to an activating group) is 1. The van der Waals surface area contributed by atoms with Gasteiger partial charge in [-0.2, -0.15) is 11.8 Å². The van der Waals surface area contributed by atoms with Crippen LogP contribution in [0, 0.1) is 5.82 Å². The van der Waals surface area contributed by atoms with Crippen LogP contribution in [-0.2, 0) is 11.2 Å². The van der Waals surface area contributed by atoms with Crippen molar-refractivity contribution in [3.05, 3.63) is 34.1 Å². The topological polar surface area (TPSA) is 21.3 Å². The SMILES string of the molecule is CNC(Cc1cc(Br)ccc1F)C1CSCCO1. The van der Waals surface area contributed by atoms with E-state index in [4.69, 9.17) is 4.74 Å². The van der Waals surface area contributed by atoms with Gasteiger partial charge in [0, 0.05) is 22.0 Å². The maximum atomic E-state index is 13.7. The van der Waals surface area contributed by atoms with E-state index >= 15 is 0 Å². The summed E-state index contributed by atoms with van der Waals surface area (Å²) in [6, 6.07) is 5.22. The number of ether oxygens (including phenoxy) is 1. The first-order valence-corrected chi connectivity index (χ1v) is 7.96. The van der Waals surface area contributed by atoms with Crippen LogP contribution >= 0.6 is 27.7 Å². The fourth-order valence-electron chi connectivity index (χ4n) is 2.09. The van der Waals surface area contributed by atoms with E-state index in [-0.39, 0.29) is 18.0 Å². The Kier molecular flexibility index (Phi) is 5.48. The largest absolute Gasteiger partial charge is 0.375 e. The quantitative estimate of drug-likeness (QED) is 0.915. The molecular weight excluding hydrogens is 317 g/mol. The van der Waals surface area contributed by atoms with Gasteiger partial charge in [-0.15, -0.1) is 0 Å². The van der Waals surface area contributed by atoms with Crippen molar-refractivity contribution in [2.75, 3.05) is 25.2 Å². The summed E-state index contributed by atoms with van der Waals surface area (Å²) in [5.74, 6) is 1.88. The van der Waals surface area contributed by atoms with Crippen molar-refractivity contribution in [3.63, 3.8) is 0 Å². The molecule has 2 atom stereocenters. The van der Waals surface area contributed by atoms with Gasteiger partial charge in [0.25, 0.3) is 0 Å². The Morgan fingerprint density at radius 1 is 1.61 bits per heavy atom. The van der Waals surface area contributed by atoms with E-state index in [1.807, 2.05) is 24.9 Å². The van der Waals surface area contributed by atoms with Gasteiger partial charge in [0.15, 0.2) is 0 Å². The highest BCUT2D eigenvalue weighted by molar-refractivity contribution is 9.10. The van der Waals surface area contributed by atoms with Gasteiger partial charge in [-0.3, -0.25) is 0 Å². The van der Waals surface area contributed by atoms with E-state index in [2.05, 4.69) is 21.2 Å². The molecule has 0 amide bonds. The highest BCUT2D eigenvalue weighted by Gasteiger charge is 2.24. The summed E-state index contributed by atoms with van der Waals surface area (Å²) in [4.78, 5) is 0. The second-order valence-corrected chi connectivity index (χ2v) is 6.38. The van der Waals surface area contributed by atoms with Crippen molar-refractivity contribution in [2.24, 2.45) is 0 Å². The molecular formula is C13H17BrFNOS. The molecule has 2 nitrogen and oxygen atoms in total. The fourth-order valence-corrected chi connectivity index (χ4v) is 3.44. The minimum atomic E-state index is -0.151. The Labute approximate surface area is 120 Å². The van der Waals surface area contributed by atoms with Crippen molar-refractivity contribution in [2.45, 2.75) is 18.6 Å². The number of halogens is 2. The molecule has 1 fully saturated rings. The molecule has 0 aliphatic carbocycles. The molecule has 1 saturated heterocycles. The highest BCUT2D eigenvalue weighted by atomic mass is 79.9. The standard InChI is InChI=1S/C13H17BrFNOS/c1-16-12(13-8-18-5-4-17-13)7-9-6-10(14)2-3-11(9)15/h2-3,6,12-13,16H,4-5,7-8H2,1H3. The van der Waals surface area contributed by atoms with Gasteiger partial charge in [-0.05, 0) is 37.2 Å². The van der Waals surface area contributed by atoms with E-state index in [0.29, 0.717) is 6.42 Å². The Bertz CT molecular complexity index is 399. The predicted molar refractivity (Wildman–Crippen MR) is 77.7 cm³/mol. The van der Waals surface area contributed by atoms with Crippen LogP contribution in [0.1, 0.15) is 5.56 Å². The van der Waals surface area contributed by atoms with Crippen LogP contribution in [-0.4, -0.2) is 37.3 Å². The minimum absolute atomic E-state index is 0.151. The molecule has 0 bridgehead atoms. The Morgan fingerprint density at radius 3 is 3.11 bits per heavy atom. The average Bonchev–Trinajstić information content (AvgIpc) is 2.41. The molecule has 100 valence electrons. The number of hydrogen-bond acceptors (Lipinski definition) is 3. The molecule has 18 heavy (non-hydrogen) atoms. The molecule has 2 unspecified atom stereocenters. The van der Waals surface area contributed by atoms with Crippen LogP contribution in [0.25, 0.3) is 0 Å². The third kappa shape index (κ3) is 3.70. The van der Waals surface area contributed by atoms with Crippen LogP contribution in [0.5, 0.6) is 0 Å². The number of benzene rings is 1. The molecule has 0 spiro atoms. The molecule has 0 radical (unpaired) electrons. The average molecular weight is 334 g/mol. The Morgan fingerprint density at radius 2 is 2.44 bits per heavy atom. The van der Waals surface area contributed by atoms with E-state index in [1.165, 1.54) is 6.07 Å². The first-order valence-electron chi connectivity index (χ1n) is 6.01. The Balaban J connectivity index is 2.06. The summed E-state index contributed by atoms with van der Waals surface area (Å²) >= 11 is 5.28. The Hall–Kier alpha value is -0.100. The zero-order chi connectivity index (χ0) is 13.0. The van der Waals surface area contributed by atoms with Gasteiger partial charge in [0.2, 0.25) is 0 Å². The summed E-state index contributed by atoms with van der Waals surface area (Å²) in [7, 11) is 1.91. The molecule has 2 rings (SSSR count). The first kappa shape index (κ1) is 14.3. The van der Waals surface area contributed by atoms with Crippen molar-refractivity contribution in [1.29, 1.82) is 0 Å². The molecule has 0 aromatic heterocycles. The third-order valence-corrected chi connectivity index (χ3v) is 4.62. The van der Waals surface area contributed by atoms with Crippen molar-refractivity contribution in [3.8, 4) is 0 Å². The lowest BCUT2D eigenvalue weighted by atomic mass is 10.0. The summed E-state index contributed by atoms with van der Waals surface area (Å²) in [6.07, 6.45) is 0.805. The van der Waals surface area contributed by atoms with Gasteiger partial charge in [-0.25, -0.2) is 4.39 Å². The minimum Gasteiger partial charge on any atom is -0.375 e. The zero-order valence-corrected chi connectivity index (χ0v) is 12.7. The van der Waals surface area contributed by atoms with Gasteiger partial charge in [-0.1, -0.05) is 15.9 Å². The van der Waals surface area contributed by atoms with E-state index in [9.17, 15) is 4.39 Å². The maximum Gasteiger partial charge on any atom is 0.126 e. The van der Waals surface area contributed by atoms with Crippen LogP contribution < -0.4 is 5.32 Å². The molecule has 1 aromatic carbocycles. The smallest absolute Gasteiger partial charge is 0.126 e. The second-order valence-electron chi connectivity index (χ2n) is 4.32. The number of rotatable bonds is 4. The maximum absolute atomic E-state index is 13.7. The molecule has 1 heterocycles. The predicted octanol–water partition coefficient (Wildman–Crippen LogP) is 2.85. The molecule has 1 aromatic rings. The van der Waals surface area contributed by atoms with Crippen LogP contribution in [0.3, 0.4) is 0 Å². The third-order valence-electron chi connectivity index (χ3n) is 3.11. The number of thioether (sulfide) groups is 1. The van der Waals surface area contributed by atoms with Crippen LogP contribution in [0.15, 0.2) is 22.7 Å². The molecule has 0 saturated carbocycles. The fraction of sp³-hybridized carbons (Fsp3) is 0.538. The normalized spacial score (nSPS) is 21.8. The molecule has 5 heteroatoms. The number of hydrogen-bond donors (Lipinski definition) is 1. The molecule has 1 aliphatic heterocycles. The van der Waals surface area contributed by atoms with E-state index < -0.39 is 0 Å².